The van der Waals surface area contributed by atoms with E-state index in [4.69, 9.17) is 4.74 Å². The largest absolute Gasteiger partial charge is 0.495 e. The van der Waals surface area contributed by atoms with Gasteiger partial charge in [-0.3, -0.25) is 0 Å². The standard InChI is InChI=1S/C18H23N3O2/c1-21(2)16(14-9-5-4-6-10-14)13-19-18(22)20-15-11-7-8-12-17(15)23-3/h4-12,16H,13H2,1-3H3,(H2,19,20,22). The summed E-state index contributed by atoms with van der Waals surface area (Å²) in [5.41, 5.74) is 1.81. The molecule has 122 valence electrons. The third-order valence-electron chi connectivity index (χ3n) is 3.62. The molecule has 0 heterocycles. The number of amides is 2. The summed E-state index contributed by atoms with van der Waals surface area (Å²) < 4.78 is 5.23. The fraction of sp³-hybridized carbons (Fsp3) is 0.278. The van der Waals surface area contributed by atoms with E-state index in [0.29, 0.717) is 18.0 Å². The van der Waals surface area contributed by atoms with E-state index >= 15 is 0 Å². The molecule has 0 spiro atoms. The van der Waals surface area contributed by atoms with Gasteiger partial charge in [0.2, 0.25) is 0 Å². The van der Waals surface area contributed by atoms with Gasteiger partial charge in [-0.25, -0.2) is 4.79 Å². The fourth-order valence-corrected chi connectivity index (χ4v) is 2.38. The molecule has 0 aromatic heterocycles. The van der Waals surface area contributed by atoms with Crippen LogP contribution in [-0.4, -0.2) is 38.7 Å². The van der Waals surface area contributed by atoms with Crippen LogP contribution >= 0.6 is 0 Å². The quantitative estimate of drug-likeness (QED) is 0.861. The van der Waals surface area contributed by atoms with E-state index in [1.165, 1.54) is 0 Å². The second-order valence-electron chi connectivity index (χ2n) is 5.43. The van der Waals surface area contributed by atoms with Crippen LogP contribution in [0.1, 0.15) is 11.6 Å². The summed E-state index contributed by atoms with van der Waals surface area (Å²) >= 11 is 0. The minimum Gasteiger partial charge on any atom is -0.495 e. The number of hydrogen-bond acceptors (Lipinski definition) is 3. The first-order valence-corrected chi connectivity index (χ1v) is 7.51. The molecule has 0 bridgehead atoms. The topological polar surface area (TPSA) is 53.6 Å². The van der Waals surface area contributed by atoms with Crippen molar-refractivity contribution in [2.75, 3.05) is 33.1 Å². The van der Waals surface area contributed by atoms with Crippen molar-refractivity contribution in [1.29, 1.82) is 0 Å². The van der Waals surface area contributed by atoms with E-state index in [0.717, 1.165) is 5.56 Å². The smallest absolute Gasteiger partial charge is 0.319 e. The highest BCUT2D eigenvalue weighted by atomic mass is 16.5. The van der Waals surface area contributed by atoms with Crippen molar-refractivity contribution in [3.63, 3.8) is 0 Å². The number of anilines is 1. The summed E-state index contributed by atoms with van der Waals surface area (Å²) in [5.74, 6) is 0.634. The van der Waals surface area contributed by atoms with Gasteiger partial charge in [-0.2, -0.15) is 0 Å². The van der Waals surface area contributed by atoms with E-state index in [1.807, 2.05) is 50.5 Å². The van der Waals surface area contributed by atoms with Gasteiger partial charge in [-0.1, -0.05) is 42.5 Å². The van der Waals surface area contributed by atoms with Gasteiger partial charge in [-0.05, 0) is 31.8 Å². The monoisotopic (exact) mass is 313 g/mol. The summed E-state index contributed by atoms with van der Waals surface area (Å²) in [6, 6.07) is 17.3. The Morgan fingerprint density at radius 1 is 1.09 bits per heavy atom. The summed E-state index contributed by atoms with van der Waals surface area (Å²) in [6.45, 7) is 0.512. The van der Waals surface area contributed by atoms with Crippen LogP contribution in [-0.2, 0) is 0 Å². The van der Waals surface area contributed by atoms with Gasteiger partial charge >= 0.3 is 6.03 Å². The van der Waals surface area contributed by atoms with E-state index in [1.54, 1.807) is 13.2 Å². The number of nitrogens with zero attached hydrogens (tertiary/aromatic N) is 1. The van der Waals surface area contributed by atoms with E-state index in [9.17, 15) is 4.79 Å². The molecule has 0 aliphatic heterocycles. The predicted octanol–water partition coefficient (Wildman–Crippen LogP) is 3.12. The second kappa shape index (κ2) is 8.19. The zero-order valence-corrected chi connectivity index (χ0v) is 13.7. The minimum absolute atomic E-state index is 0.111. The first kappa shape index (κ1) is 16.8. The molecule has 2 aromatic rings. The lowest BCUT2D eigenvalue weighted by atomic mass is 10.1. The first-order valence-electron chi connectivity index (χ1n) is 7.51. The Bertz CT molecular complexity index is 629. The Hall–Kier alpha value is -2.53. The Labute approximate surface area is 137 Å². The molecule has 1 atom stereocenters. The van der Waals surface area contributed by atoms with Gasteiger partial charge in [0.1, 0.15) is 5.75 Å². The van der Waals surface area contributed by atoms with Crippen LogP contribution in [0.5, 0.6) is 5.75 Å². The average Bonchev–Trinajstić information content (AvgIpc) is 2.56. The third-order valence-corrected chi connectivity index (χ3v) is 3.62. The summed E-state index contributed by atoms with van der Waals surface area (Å²) in [5, 5.41) is 5.73. The van der Waals surface area contributed by atoms with E-state index in [-0.39, 0.29) is 12.1 Å². The van der Waals surface area contributed by atoms with Crippen LogP contribution in [0.4, 0.5) is 10.5 Å². The number of carbonyl (C=O) groups is 1. The zero-order valence-electron chi connectivity index (χ0n) is 13.7. The highest BCUT2D eigenvalue weighted by molar-refractivity contribution is 5.90. The number of methoxy groups -OCH3 is 1. The number of para-hydroxylation sites is 2. The van der Waals surface area contributed by atoms with Crippen LogP contribution < -0.4 is 15.4 Å². The van der Waals surface area contributed by atoms with Gasteiger partial charge in [0.15, 0.2) is 0 Å². The highest BCUT2D eigenvalue weighted by Gasteiger charge is 2.15. The Kier molecular flexibility index (Phi) is 6.00. The maximum absolute atomic E-state index is 12.1. The van der Waals surface area contributed by atoms with Crippen molar-refractivity contribution in [3.8, 4) is 5.75 Å². The lowest BCUT2D eigenvalue weighted by molar-refractivity contribution is 0.243. The molecule has 2 N–H and O–H groups in total. The van der Waals surface area contributed by atoms with Crippen molar-refractivity contribution in [1.82, 2.24) is 10.2 Å². The number of benzene rings is 2. The van der Waals surface area contributed by atoms with Gasteiger partial charge in [0, 0.05) is 6.54 Å². The van der Waals surface area contributed by atoms with Crippen LogP contribution in [0, 0.1) is 0 Å². The SMILES string of the molecule is COc1ccccc1NC(=O)NCC(c1ccccc1)N(C)C. The molecule has 0 aliphatic carbocycles. The average molecular weight is 313 g/mol. The minimum atomic E-state index is -0.253. The molecule has 0 saturated heterocycles. The maximum Gasteiger partial charge on any atom is 0.319 e. The molecule has 1 unspecified atom stereocenters. The molecular formula is C18H23N3O2. The summed E-state index contributed by atoms with van der Waals surface area (Å²) in [6.07, 6.45) is 0. The number of nitrogens with one attached hydrogen (secondary N) is 2. The lowest BCUT2D eigenvalue weighted by Gasteiger charge is -2.25. The molecule has 0 aliphatic rings. The molecule has 23 heavy (non-hydrogen) atoms. The molecule has 5 heteroatoms. The van der Waals surface area contributed by atoms with Crippen molar-refractivity contribution in [3.05, 3.63) is 60.2 Å². The molecule has 0 radical (unpaired) electrons. The first-order chi connectivity index (χ1) is 11.1. The summed E-state index contributed by atoms with van der Waals surface area (Å²) in [7, 11) is 5.57. The van der Waals surface area contributed by atoms with Gasteiger partial charge in [0.25, 0.3) is 0 Å². The normalized spacial score (nSPS) is 11.8. The number of hydrogen-bond donors (Lipinski definition) is 2. The number of rotatable bonds is 6. The number of ether oxygens (including phenoxy) is 1. The molecule has 5 nitrogen and oxygen atoms in total. The van der Waals surface area contributed by atoms with Crippen LogP contribution in [0.3, 0.4) is 0 Å². The van der Waals surface area contributed by atoms with Crippen molar-refractivity contribution in [2.45, 2.75) is 6.04 Å². The van der Waals surface area contributed by atoms with E-state index < -0.39 is 0 Å². The van der Waals surface area contributed by atoms with Crippen LogP contribution in [0.25, 0.3) is 0 Å². The zero-order chi connectivity index (χ0) is 16.7. The van der Waals surface area contributed by atoms with Gasteiger partial charge < -0.3 is 20.3 Å². The van der Waals surface area contributed by atoms with Crippen LogP contribution in [0.15, 0.2) is 54.6 Å². The fourth-order valence-electron chi connectivity index (χ4n) is 2.38. The Morgan fingerprint density at radius 2 is 1.74 bits per heavy atom. The highest BCUT2D eigenvalue weighted by Crippen LogP contribution is 2.23. The molecule has 2 amide bonds. The Morgan fingerprint density at radius 3 is 2.39 bits per heavy atom. The molecule has 0 fully saturated rings. The maximum atomic E-state index is 12.1. The van der Waals surface area contributed by atoms with Crippen LogP contribution in [0.2, 0.25) is 0 Å². The van der Waals surface area contributed by atoms with Crippen molar-refractivity contribution in [2.24, 2.45) is 0 Å². The Balaban J connectivity index is 1.97. The van der Waals surface area contributed by atoms with Crippen molar-refractivity contribution >= 4 is 11.7 Å². The lowest BCUT2D eigenvalue weighted by Crippen LogP contribution is -2.36. The van der Waals surface area contributed by atoms with Gasteiger partial charge in [0.05, 0.1) is 18.8 Å². The molecular weight excluding hydrogens is 290 g/mol. The molecule has 2 rings (SSSR count). The number of urea groups is 1. The van der Waals surface area contributed by atoms with E-state index in [2.05, 4.69) is 27.7 Å². The van der Waals surface area contributed by atoms with Crippen molar-refractivity contribution < 1.29 is 9.53 Å². The molecule has 0 saturated carbocycles. The molecule has 2 aromatic carbocycles. The third kappa shape index (κ3) is 4.72. The predicted molar refractivity (Wildman–Crippen MR) is 92.9 cm³/mol. The number of carbonyl (C=O) groups excluding carboxylic acids is 1. The summed E-state index contributed by atoms with van der Waals surface area (Å²) in [4.78, 5) is 14.2. The van der Waals surface area contributed by atoms with Gasteiger partial charge in [-0.15, -0.1) is 0 Å². The number of likely N-dealkylation sites (N-methyl/N-ethyl adjacent to an activating group) is 1. The second-order valence-corrected chi connectivity index (χ2v) is 5.43.